The second-order valence-corrected chi connectivity index (χ2v) is 7.67. The van der Waals surface area contributed by atoms with Crippen molar-refractivity contribution in [2.75, 3.05) is 7.05 Å². The highest BCUT2D eigenvalue weighted by Crippen LogP contribution is 2.29. The lowest BCUT2D eigenvalue weighted by Gasteiger charge is -2.15. The van der Waals surface area contributed by atoms with E-state index < -0.39 is 0 Å². The van der Waals surface area contributed by atoms with Gasteiger partial charge in [-0.1, -0.05) is 18.2 Å². The Hall–Kier alpha value is -1.91. The molecule has 3 aromatic rings. The largest absolute Gasteiger partial charge is 0.295 e. The van der Waals surface area contributed by atoms with Crippen molar-refractivity contribution in [3.05, 3.63) is 69.2 Å². The third kappa shape index (κ3) is 2.92. The highest BCUT2D eigenvalue weighted by molar-refractivity contribution is 7.10. The third-order valence-electron chi connectivity index (χ3n) is 4.82. The summed E-state index contributed by atoms with van der Waals surface area (Å²) >= 11 is 1.85. The maximum atomic E-state index is 4.97. The van der Waals surface area contributed by atoms with E-state index in [1.165, 1.54) is 45.9 Å². The van der Waals surface area contributed by atoms with Crippen LogP contribution in [0.15, 0.2) is 41.8 Å². The van der Waals surface area contributed by atoms with Crippen molar-refractivity contribution in [1.82, 2.24) is 14.7 Å². The number of hydrogen-bond donors (Lipinski definition) is 0. The van der Waals surface area contributed by atoms with E-state index in [0.29, 0.717) is 0 Å². The zero-order valence-corrected chi connectivity index (χ0v) is 15.1. The molecule has 4 rings (SSSR count). The second kappa shape index (κ2) is 6.54. The first-order valence-electron chi connectivity index (χ1n) is 8.59. The highest BCUT2D eigenvalue weighted by Gasteiger charge is 2.23. The summed E-state index contributed by atoms with van der Waals surface area (Å²) < 4.78 is 2.17. The van der Waals surface area contributed by atoms with Crippen molar-refractivity contribution in [2.45, 2.75) is 39.3 Å². The predicted octanol–water partition coefficient (Wildman–Crippen LogP) is 4.36. The smallest absolute Gasteiger partial charge is 0.0804 e. The molecule has 2 aromatic heterocycles. The molecule has 24 heavy (non-hydrogen) atoms. The number of thiophene rings is 1. The fourth-order valence-corrected chi connectivity index (χ4v) is 4.53. The Morgan fingerprint density at radius 3 is 2.71 bits per heavy atom. The normalized spacial score (nSPS) is 13.6. The SMILES string of the molecule is Cc1ccsc1CN(C)Cc1nn(-c2ccccc2)c2c1CCC2. The number of aromatic nitrogens is 2. The van der Waals surface area contributed by atoms with Gasteiger partial charge in [0.05, 0.1) is 11.4 Å². The van der Waals surface area contributed by atoms with Crippen molar-refractivity contribution in [2.24, 2.45) is 0 Å². The van der Waals surface area contributed by atoms with Crippen LogP contribution in [-0.2, 0) is 25.9 Å². The minimum atomic E-state index is 0.916. The van der Waals surface area contributed by atoms with Crippen LogP contribution in [0.1, 0.15) is 33.8 Å². The van der Waals surface area contributed by atoms with E-state index in [2.05, 4.69) is 65.3 Å². The summed E-state index contributed by atoms with van der Waals surface area (Å²) in [6.45, 7) is 4.11. The van der Waals surface area contributed by atoms with Gasteiger partial charge in [-0.15, -0.1) is 11.3 Å². The van der Waals surface area contributed by atoms with Gasteiger partial charge in [-0.25, -0.2) is 4.68 Å². The first kappa shape index (κ1) is 15.6. The Bertz CT molecular complexity index is 832. The van der Waals surface area contributed by atoms with Crippen LogP contribution in [0.25, 0.3) is 5.69 Å². The highest BCUT2D eigenvalue weighted by atomic mass is 32.1. The van der Waals surface area contributed by atoms with Crippen molar-refractivity contribution in [1.29, 1.82) is 0 Å². The van der Waals surface area contributed by atoms with Gasteiger partial charge in [0.25, 0.3) is 0 Å². The lowest BCUT2D eigenvalue weighted by Crippen LogP contribution is -2.18. The molecule has 1 aliphatic rings. The minimum Gasteiger partial charge on any atom is -0.295 e. The minimum absolute atomic E-state index is 0.916. The van der Waals surface area contributed by atoms with Crippen molar-refractivity contribution < 1.29 is 0 Å². The number of para-hydroxylation sites is 1. The van der Waals surface area contributed by atoms with Crippen LogP contribution in [0, 0.1) is 6.92 Å². The van der Waals surface area contributed by atoms with Crippen LogP contribution in [0.5, 0.6) is 0 Å². The lowest BCUT2D eigenvalue weighted by molar-refractivity contribution is 0.315. The van der Waals surface area contributed by atoms with E-state index in [1.807, 2.05) is 11.3 Å². The Balaban J connectivity index is 1.59. The molecule has 1 aliphatic carbocycles. The zero-order valence-electron chi connectivity index (χ0n) is 14.3. The molecule has 0 amide bonds. The molecular weight excluding hydrogens is 314 g/mol. The summed E-state index contributed by atoms with van der Waals surface area (Å²) in [5.74, 6) is 0. The Morgan fingerprint density at radius 2 is 1.96 bits per heavy atom. The molecule has 4 heteroatoms. The lowest BCUT2D eigenvalue weighted by atomic mass is 10.2. The van der Waals surface area contributed by atoms with Gasteiger partial charge < -0.3 is 0 Å². The van der Waals surface area contributed by atoms with Gasteiger partial charge in [0.1, 0.15) is 0 Å². The van der Waals surface area contributed by atoms with Crippen LogP contribution >= 0.6 is 11.3 Å². The van der Waals surface area contributed by atoms with Gasteiger partial charge in [-0.05, 0) is 67.9 Å². The van der Waals surface area contributed by atoms with Crippen molar-refractivity contribution in [3.8, 4) is 5.69 Å². The molecular formula is C20H23N3S. The molecule has 0 bridgehead atoms. The second-order valence-electron chi connectivity index (χ2n) is 6.67. The topological polar surface area (TPSA) is 21.1 Å². The van der Waals surface area contributed by atoms with Crippen LogP contribution < -0.4 is 0 Å². The molecule has 124 valence electrons. The summed E-state index contributed by atoms with van der Waals surface area (Å²) in [5, 5.41) is 7.15. The first-order chi connectivity index (χ1) is 11.7. The van der Waals surface area contributed by atoms with E-state index in [0.717, 1.165) is 19.5 Å². The van der Waals surface area contributed by atoms with Crippen molar-refractivity contribution >= 4 is 11.3 Å². The van der Waals surface area contributed by atoms with Gasteiger partial charge in [-0.3, -0.25) is 4.90 Å². The van der Waals surface area contributed by atoms with Gasteiger partial charge >= 0.3 is 0 Å². The fourth-order valence-electron chi connectivity index (χ4n) is 3.55. The molecule has 1 aromatic carbocycles. The quantitative estimate of drug-likeness (QED) is 0.689. The van der Waals surface area contributed by atoms with E-state index in [1.54, 1.807) is 0 Å². The van der Waals surface area contributed by atoms with Crippen LogP contribution in [0.4, 0.5) is 0 Å². The van der Waals surface area contributed by atoms with Crippen LogP contribution in [0.3, 0.4) is 0 Å². The first-order valence-corrected chi connectivity index (χ1v) is 9.47. The average Bonchev–Trinajstić information content (AvgIpc) is 3.28. The third-order valence-corrected chi connectivity index (χ3v) is 5.82. The molecule has 0 atom stereocenters. The molecule has 3 nitrogen and oxygen atoms in total. The summed E-state index contributed by atoms with van der Waals surface area (Å²) in [4.78, 5) is 3.84. The molecule has 0 spiro atoms. The number of rotatable bonds is 5. The number of hydrogen-bond acceptors (Lipinski definition) is 3. The fraction of sp³-hybridized carbons (Fsp3) is 0.350. The molecule has 2 heterocycles. The molecule has 0 N–H and O–H groups in total. The standard InChI is InChI=1S/C20H23N3S/c1-15-11-12-24-20(15)14-22(2)13-18-17-9-6-10-19(17)23(21-18)16-7-4-3-5-8-16/h3-5,7-8,11-12H,6,9-10,13-14H2,1-2H3. The number of benzene rings is 1. The summed E-state index contributed by atoms with van der Waals surface area (Å²) in [5.41, 5.74) is 6.72. The summed E-state index contributed by atoms with van der Waals surface area (Å²) in [6.07, 6.45) is 3.56. The van der Waals surface area contributed by atoms with E-state index >= 15 is 0 Å². The number of nitrogens with zero attached hydrogens (tertiary/aromatic N) is 3. The van der Waals surface area contributed by atoms with Gasteiger partial charge in [0.15, 0.2) is 0 Å². The van der Waals surface area contributed by atoms with E-state index in [9.17, 15) is 0 Å². The molecule has 0 fully saturated rings. The van der Waals surface area contributed by atoms with E-state index in [4.69, 9.17) is 5.10 Å². The molecule has 0 saturated heterocycles. The Labute approximate surface area is 147 Å². The predicted molar refractivity (Wildman–Crippen MR) is 99.8 cm³/mol. The molecule has 0 saturated carbocycles. The maximum absolute atomic E-state index is 4.97. The zero-order chi connectivity index (χ0) is 16.5. The van der Waals surface area contributed by atoms with Gasteiger partial charge in [0.2, 0.25) is 0 Å². The number of fused-ring (bicyclic) bond motifs is 1. The summed E-state index contributed by atoms with van der Waals surface area (Å²) in [6, 6.07) is 12.7. The Morgan fingerprint density at radius 1 is 1.12 bits per heavy atom. The molecule has 0 aliphatic heterocycles. The van der Waals surface area contributed by atoms with Crippen LogP contribution in [0.2, 0.25) is 0 Å². The summed E-state index contributed by atoms with van der Waals surface area (Å²) in [7, 11) is 2.20. The van der Waals surface area contributed by atoms with E-state index in [-0.39, 0.29) is 0 Å². The molecule has 0 radical (unpaired) electrons. The maximum Gasteiger partial charge on any atom is 0.0804 e. The number of aryl methyl sites for hydroxylation is 1. The average molecular weight is 337 g/mol. The molecule has 0 unspecified atom stereocenters. The van der Waals surface area contributed by atoms with Gasteiger partial charge in [-0.2, -0.15) is 5.10 Å². The Kier molecular flexibility index (Phi) is 4.25. The monoisotopic (exact) mass is 337 g/mol. The van der Waals surface area contributed by atoms with Crippen molar-refractivity contribution in [3.63, 3.8) is 0 Å². The van der Waals surface area contributed by atoms with Gasteiger partial charge in [0, 0.05) is 23.7 Å². The van der Waals surface area contributed by atoms with Crippen LogP contribution in [-0.4, -0.2) is 21.7 Å².